The van der Waals surface area contributed by atoms with Crippen molar-refractivity contribution in [2.24, 2.45) is 0 Å². The van der Waals surface area contributed by atoms with Crippen molar-refractivity contribution in [3.8, 4) is 0 Å². The second kappa shape index (κ2) is 6.00. The van der Waals surface area contributed by atoms with Crippen LogP contribution in [0.3, 0.4) is 0 Å². The lowest BCUT2D eigenvalue weighted by Crippen LogP contribution is -2.32. The third kappa shape index (κ3) is 8.02. The van der Waals surface area contributed by atoms with Gasteiger partial charge in [-0.05, 0) is 6.32 Å². The number of carbonyl (C=O) groups is 1. The fourth-order valence-corrected chi connectivity index (χ4v) is 1.10. The summed E-state index contributed by atoms with van der Waals surface area (Å²) in [6.07, 6.45) is 1.21. The number of rotatable bonds is 6. The van der Waals surface area contributed by atoms with E-state index >= 15 is 0 Å². The number of nitrogens with one attached hydrogen (secondary N) is 1. The smallest absolute Gasteiger partial charge is 0.426 e. The lowest BCUT2D eigenvalue weighted by molar-refractivity contribution is -0.128. The lowest BCUT2D eigenvalue weighted by Gasteiger charge is -2.06. The quantitative estimate of drug-likeness (QED) is 0.443. The van der Waals surface area contributed by atoms with Crippen LogP contribution >= 0.6 is 0 Å². The molecule has 82 valence electrons. The average molecular weight is 223 g/mol. The zero-order valence-corrected chi connectivity index (χ0v) is 9.00. The fourth-order valence-electron chi connectivity index (χ4n) is 0.546. The predicted octanol–water partition coefficient (Wildman–Crippen LogP) is -1.03. The summed E-state index contributed by atoms with van der Waals surface area (Å²) in [5.41, 5.74) is 1.95. The normalized spacial score (nSPS) is 11.1. The highest BCUT2D eigenvalue weighted by Crippen LogP contribution is 1.90. The van der Waals surface area contributed by atoms with E-state index in [4.69, 9.17) is 5.02 Å². The standard InChI is InChI=1S/C6H14BNO5S/c1-3-7(10)13-8-6(9)4-5-14(2,11)12/h10H,3-5H2,1-2H3,(H,8,9). The molecule has 0 spiro atoms. The minimum Gasteiger partial charge on any atom is -0.426 e. The van der Waals surface area contributed by atoms with Gasteiger partial charge < -0.3 is 5.02 Å². The summed E-state index contributed by atoms with van der Waals surface area (Å²) in [4.78, 5) is 10.9. The molecule has 0 aliphatic carbocycles. The van der Waals surface area contributed by atoms with Crippen LogP contribution in [-0.4, -0.2) is 38.5 Å². The Morgan fingerprint density at radius 1 is 1.57 bits per heavy atom. The lowest BCUT2D eigenvalue weighted by atomic mass is 9.88. The highest BCUT2D eigenvalue weighted by atomic mass is 32.2. The van der Waals surface area contributed by atoms with Gasteiger partial charge in [-0.1, -0.05) is 6.92 Å². The maximum atomic E-state index is 10.9. The Hall–Kier alpha value is -0.595. The molecule has 0 atom stereocenters. The van der Waals surface area contributed by atoms with Gasteiger partial charge in [-0.2, -0.15) is 0 Å². The van der Waals surface area contributed by atoms with Gasteiger partial charge in [0, 0.05) is 12.7 Å². The van der Waals surface area contributed by atoms with Crippen molar-refractivity contribution in [3.05, 3.63) is 0 Å². The van der Waals surface area contributed by atoms with Crippen LogP contribution in [0.4, 0.5) is 0 Å². The first-order chi connectivity index (χ1) is 6.35. The van der Waals surface area contributed by atoms with E-state index in [2.05, 4.69) is 4.76 Å². The van der Waals surface area contributed by atoms with Crippen molar-refractivity contribution in [2.45, 2.75) is 19.7 Å². The molecule has 1 amide bonds. The molecule has 8 heteroatoms. The van der Waals surface area contributed by atoms with Gasteiger partial charge in [-0.3, -0.25) is 9.55 Å². The van der Waals surface area contributed by atoms with Gasteiger partial charge in [0.1, 0.15) is 9.84 Å². The van der Waals surface area contributed by atoms with Crippen LogP contribution in [0.1, 0.15) is 13.3 Å². The van der Waals surface area contributed by atoms with Gasteiger partial charge in [-0.25, -0.2) is 13.9 Å². The second-order valence-corrected chi connectivity index (χ2v) is 5.15. The van der Waals surface area contributed by atoms with Crippen molar-refractivity contribution in [2.75, 3.05) is 12.0 Å². The Bertz CT molecular complexity index is 278. The predicted molar refractivity (Wildman–Crippen MR) is 52.0 cm³/mol. The number of hydrogen-bond donors (Lipinski definition) is 2. The third-order valence-electron chi connectivity index (χ3n) is 1.36. The van der Waals surface area contributed by atoms with Gasteiger partial charge in [0.2, 0.25) is 5.91 Å². The van der Waals surface area contributed by atoms with Crippen molar-refractivity contribution < 1.29 is 23.0 Å². The van der Waals surface area contributed by atoms with Gasteiger partial charge >= 0.3 is 7.12 Å². The van der Waals surface area contributed by atoms with Crippen LogP contribution in [0.2, 0.25) is 6.32 Å². The zero-order valence-electron chi connectivity index (χ0n) is 8.19. The molecule has 0 saturated heterocycles. The van der Waals surface area contributed by atoms with Gasteiger partial charge in [0.05, 0.1) is 5.75 Å². The summed E-state index contributed by atoms with van der Waals surface area (Å²) in [5, 5.41) is 8.88. The van der Waals surface area contributed by atoms with Crippen LogP contribution in [-0.2, 0) is 19.4 Å². The Balaban J connectivity index is 3.67. The molecule has 2 N–H and O–H groups in total. The van der Waals surface area contributed by atoms with Crippen molar-refractivity contribution in [3.63, 3.8) is 0 Å². The van der Waals surface area contributed by atoms with Gasteiger partial charge in [0.25, 0.3) is 0 Å². The maximum absolute atomic E-state index is 10.9. The fraction of sp³-hybridized carbons (Fsp3) is 0.833. The molecule has 6 nitrogen and oxygen atoms in total. The van der Waals surface area contributed by atoms with E-state index < -0.39 is 22.9 Å². The molecule has 0 unspecified atom stereocenters. The maximum Gasteiger partial charge on any atom is 0.478 e. The third-order valence-corrected chi connectivity index (χ3v) is 2.30. The Labute approximate surface area is 83.7 Å². The first-order valence-corrected chi connectivity index (χ1v) is 6.21. The molecule has 0 heterocycles. The van der Waals surface area contributed by atoms with E-state index in [-0.39, 0.29) is 12.2 Å². The van der Waals surface area contributed by atoms with E-state index in [1.54, 1.807) is 6.92 Å². The molecule has 0 aromatic rings. The first kappa shape index (κ1) is 13.4. The molecule has 14 heavy (non-hydrogen) atoms. The SMILES string of the molecule is CCB(O)ONC(=O)CCS(C)(=O)=O. The Morgan fingerprint density at radius 2 is 2.14 bits per heavy atom. The molecule has 0 bridgehead atoms. The van der Waals surface area contributed by atoms with E-state index in [1.807, 2.05) is 5.48 Å². The minimum absolute atomic E-state index is 0.171. The average Bonchev–Trinajstić information content (AvgIpc) is 2.09. The van der Waals surface area contributed by atoms with Crippen LogP contribution in [0.5, 0.6) is 0 Å². The highest BCUT2D eigenvalue weighted by Gasteiger charge is 2.13. The summed E-state index contributed by atoms with van der Waals surface area (Å²) in [6, 6.07) is 0. The monoisotopic (exact) mass is 223 g/mol. The molecule has 0 radical (unpaired) electrons. The van der Waals surface area contributed by atoms with E-state index in [0.29, 0.717) is 6.32 Å². The van der Waals surface area contributed by atoms with E-state index in [0.717, 1.165) is 6.26 Å². The molecule has 0 saturated carbocycles. The topological polar surface area (TPSA) is 92.7 Å². The van der Waals surface area contributed by atoms with Crippen molar-refractivity contribution in [1.29, 1.82) is 0 Å². The van der Waals surface area contributed by atoms with E-state index in [9.17, 15) is 13.2 Å². The Morgan fingerprint density at radius 3 is 2.57 bits per heavy atom. The van der Waals surface area contributed by atoms with Crippen molar-refractivity contribution in [1.82, 2.24) is 5.48 Å². The number of hydrogen-bond acceptors (Lipinski definition) is 5. The van der Waals surface area contributed by atoms with Gasteiger partial charge in [0.15, 0.2) is 0 Å². The van der Waals surface area contributed by atoms with E-state index in [1.165, 1.54) is 0 Å². The summed E-state index contributed by atoms with van der Waals surface area (Å²) < 4.78 is 25.8. The molecule has 0 aliphatic heterocycles. The number of carbonyl (C=O) groups excluding carboxylic acids is 1. The molecule has 0 aromatic heterocycles. The van der Waals surface area contributed by atoms with Crippen molar-refractivity contribution >= 4 is 22.9 Å². The molecule has 0 fully saturated rings. The first-order valence-electron chi connectivity index (χ1n) is 4.15. The summed E-state index contributed by atoms with van der Waals surface area (Å²) in [7, 11) is -4.20. The zero-order chi connectivity index (χ0) is 11.2. The second-order valence-electron chi connectivity index (χ2n) is 2.89. The van der Waals surface area contributed by atoms with Gasteiger partial charge in [-0.15, -0.1) is 0 Å². The van der Waals surface area contributed by atoms with Crippen LogP contribution in [0.25, 0.3) is 0 Å². The minimum atomic E-state index is -3.14. The van der Waals surface area contributed by atoms with Crippen LogP contribution in [0.15, 0.2) is 0 Å². The molecular weight excluding hydrogens is 209 g/mol. The Kier molecular flexibility index (Phi) is 5.74. The molecular formula is C6H14BNO5S. The number of hydroxylamine groups is 1. The van der Waals surface area contributed by atoms with Crippen LogP contribution in [0, 0.1) is 0 Å². The summed E-state index contributed by atoms with van der Waals surface area (Å²) >= 11 is 0. The molecule has 0 aliphatic rings. The largest absolute Gasteiger partial charge is 0.478 e. The number of amides is 1. The molecule has 0 rings (SSSR count). The highest BCUT2D eigenvalue weighted by molar-refractivity contribution is 7.90. The molecule has 0 aromatic carbocycles. The van der Waals surface area contributed by atoms with Crippen LogP contribution < -0.4 is 5.48 Å². The number of sulfone groups is 1. The summed E-state index contributed by atoms with van der Waals surface area (Å²) in [6.45, 7) is 1.67. The summed E-state index contributed by atoms with van der Waals surface area (Å²) in [5.74, 6) is -0.798.